The predicted molar refractivity (Wildman–Crippen MR) is 96.1 cm³/mol. The SMILES string of the molecule is [C-]#[N+]c1cccc(C2(C(=O)N[C@H](CN3CCCC3)C(C)C)CC2)c1. The molecule has 4 nitrogen and oxygen atoms in total. The summed E-state index contributed by atoms with van der Waals surface area (Å²) in [4.78, 5) is 19.0. The largest absolute Gasteiger partial charge is 0.351 e. The summed E-state index contributed by atoms with van der Waals surface area (Å²) in [6.45, 7) is 14.8. The van der Waals surface area contributed by atoms with Gasteiger partial charge >= 0.3 is 0 Å². The van der Waals surface area contributed by atoms with Crippen molar-refractivity contribution in [2.24, 2.45) is 5.92 Å². The van der Waals surface area contributed by atoms with Crippen molar-refractivity contribution in [3.05, 3.63) is 41.2 Å². The Hall–Kier alpha value is -1.86. The van der Waals surface area contributed by atoms with Crippen LogP contribution in [0.3, 0.4) is 0 Å². The molecule has 1 saturated carbocycles. The molecular weight excluding hydrogens is 298 g/mol. The summed E-state index contributed by atoms with van der Waals surface area (Å²) < 4.78 is 0. The molecule has 3 rings (SSSR count). The highest BCUT2D eigenvalue weighted by atomic mass is 16.2. The molecule has 128 valence electrons. The monoisotopic (exact) mass is 325 g/mol. The molecule has 1 aromatic carbocycles. The Morgan fingerprint density at radius 3 is 2.62 bits per heavy atom. The van der Waals surface area contributed by atoms with Gasteiger partial charge in [-0.3, -0.25) is 4.79 Å². The number of likely N-dealkylation sites (tertiary alicyclic amines) is 1. The van der Waals surface area contributed by atoms with Gasteiger partial charge in [-0.05, 0) is 50.3 Å². The Morgan fingerprint density at radius 1 is 1.33 bits per heavy atom. The minimum atomic E-state index is -0.404. The summed E-state index contributed by atoms with van der Waals surface area (Å²) >= 11 is 0. The first-order valence-corrected chi connectivity index (χ1v) is 9.06. The van der Waals surface area contributed by atoms with Crippen LogP contribution in [0.4, 0.5) is 5.69 Å². The van der Waals surface area contributed by atoms with E-state index in [1.165, 1.54) is 12.8 Å². The standard InChI is InChI=1S/C20H27N3O/c1-15(2)18(14-23-11-4-5-12-23)22-19(24)20(9-10-20)16-7-6-8-17(13-16)21-3/h6-8,13,15,18H,4-5,9-12,14H2,1-2H3,(H,22,24)/t18-/m1/s1. The molecule has 1 atom stereocenters. The molecule has 1 heterocycles. The fourth-order valence-corrected chi connectivity index (χ4v) is 3.62. The van der Waals surface area contributed by atoms with Crippen LogP contribution in [-0.4, -0.2) is 36.5 Å². The molecule has 24 heavy (non-hydrogen) atoms. The van der Waals surface area contributed by atoms with Crippen LogP contribution in [0.2, 0.25) is 0 Å². The van der Waals surface area contributed by atoms with Crippen molar-refractivity contribution in [3.63, 3.8) is 0 Å². The molecule has 1 amide bonds. The van der Waals surface area contributed by atoms with E-state index in [2.05, 4.69) is 28.9 Å². The Bertz CT molecular complexity index is 637. The molecule has 1 aliphatic heterocycles. The highest BCUT2D eigenvalue weighted by Gasteiger charge is 2.51. The van der Waals surface area contributed by atoms with Gasteiger partial charge in [-0.2, -0.15) is 0 Å². The minimum absolute atomic E-state index is 0.141. The van der Waals surface area contributed by atoms with Gasteiger partial charge in [0.1, 0.15) is 0 Å². The van der Waals surface area contributed by atoms with Gasteiger partial charge < -0.3 is 10.2 Å². The lowest BCUT2D eigenvalue weighted by Crippen LogP contribution is -2.49. The number of hydrogen-bond acceptors (Lipinski definition) is 2. The van der Waals surface area contributed by atoms with Crippen LogP contribution in [0.5, 0.6) is 0 Å². The molecule has 1 aromatic rings. The van der Waals surface area contributed by atoms with Crippen molar-refractivity contribution in [2.45, 2.75) is 51.0 Å². The fourth-order valence-electron chi connectivity index (χ4n) is 3.62. The predicted octanol–water partition coefficient (Wildman–Crippen LogP) is 3.51. The molecule has 0 spiro atoms. The van der Waals surface area contributed by atoms with Crippen molar-refractivity contribution in [2.75, 3.05) is 19.6 Å². The Labute approximate surface area is 145 Å². The average molecular weight is 325 g/mol. The third-order valence-electron chi connectivity index (χ3n) is 5.49. The molecular formula is C20H27N3O. The second-order valence-electron chi connectivity index (χ2n) is 7.58. The van der Waals surface area contributed by atoms with E-state index in [4.69, 9.17) is 6.57 Å². The van der Waals surface area contributed by atoms with Crippen molar-refractivity contribution < 1.29 is 4.79 Å². The number of nitrogens with one attached hydrogen (secondary N) is 1. The van der Waals surface area contributed by atoms with Gasteiger partial charge in [-0.1, -0.05) is 38.1 Å². The van der Waals surface area contributed by atoms with Crippen LogP contribution in [0, 0.1) is 12.5 Å². The van der Waals surface area contributed by atoms with E-state index in [1.807, 2.05) is 18.2 Å². The quantitative estimate of drug-likeness (QED) is 0.813. The molecule has 0 radical (unpaired) electrons. The Kier molecular flexibility index (Phi) is 4.91. The van der Waals surface area contributed by atoms with E-state index in [1.54, 1.807) is 6.07 Å². The Balaban J connectivity index is 1.71. The number of nitrogens with zero attached hydrogens (tertiary/aromatic N) is 2. The van der Waals surface area contributed by atoms with Crippen LogP contribution in [-0.2, 0) is 10.2 Å². The number of carbonyl (C=O) groups is 1. The fraction of sp³-hybridized carbons (Fsp3) is 0.600. The number of carbonyl (C=O) groups excluding carboxylic acids is 1. The summed E-state index contributed by atoms with van der Waals surface area (Å²) in [6, 6.07) is 7.75. The molecule has 2 fully saturated rings. The van der Waals surface area contributed by atoms with E-state index >= 15 is 0 Å². The van der Waals surface area contributed by atoms with E-state index in [0.29, 0.717) is 11.6 Å². The zero-order chi connectivity index (χ0) is 17.2. The summed E-state index contributed by atoms with van der Waals surface area (Å²) in [5.41, 5.74) is 1.21. The van der Waals surface area contributed by atoms with Crippen LogP contribution >= 0.6 is 0 Å². The van der Waals surface area contributed by atoms with Crippen molar-refractivity contribution >= 4 is 11.6 Å². The topological polar surface area (TPSA) is 36.7 Å². The number of benzene rings is 1. The smallest absolute Gasteiger partial charge is 0.230 e. The van der Waals surface area contributed by atoms with E-state index in [-0.39, 0.29) is 11.9 Å². The lowest BCUT2D eigenvalue weighted by molar-refractivity contribution is -0.124. The summed E-state index contributed by atoms with van der Waals surface area (Å²) in [7, 11) is 0. The third-order valence-corrected chi connectivity index (χ3v) is 5.49. The molecule has 0 unspecified atom stereocenters. The van der Waals surface area contributed by atoms with Gasteiger partial charge in [0.2, 0.25) is 5.91 Å². The van der Waals surface area contributed by atoms with Crippen molar-refractivity contribution in [1.82, 2.24) is 10.2 Å². The maximum atomic E-state index is 13.0. The van der Waals surface area contributed by atoms with Gasteiger partial charge in [-0.25, -0.2) is 4.85 Å². The minimum Gasteiger partial charge on any atom is -0.351 e. The summed E-state index contributed by atoms with van der Waals surface area (Å²) in [5, 5.41) is 3.32. The molecule has 4 heteroatoms. The first-order valence-electron chi connectivity index (χ1n) is 9.06. The summed E-state index contributed by atoms with van der Waals surface area (Å²) in [5.74, 6) is 0.558. The van der Waals surface area contributed by atoms with Crippen molar-refractivity contribution in [1.29, 1.82) is 0 Å². The highest BCUT2D eigenvalue weighted by Crippen LogP contribution is 2.49. The van der Waals surface area contributed by atoms with Gasteiger partial charge in [0, 0.05) is 12.6 Å². The first-order chi connectivity index (χ1) is 11.5. The molecule has 1 saturated heterocycles. The van der Waals surface area contributed by atoms with Crippen LogP contribution in [0.15, 0.2) is 24.3 Å². The van der Waals surface area contributed by atoms with Crippen LogP contribution in [0.25, 0.3) is 4.85 Å². The maximum Gasteiger partial charge on any atom is 0.230 e. The number of hydrogen-bond donors (Lipinski definition) is 1. The normalized spacial score (nSPS) is 20.6. The number of amides is 1. The first kappa shape index (κ1) is 17.0. The van der Waals surface area contributed by atoms with Gasteiger partial charge in [0.05, 0.1) is 12.0 Å². The van der Waals surface area contributed by atoms with E-state index < -0.39 is 5.41 Å². The third kappa shape index (κ3) is 3.47. The van der Waals surface area contributed by atoms with E-state index in [0.717, 1.165) is 38.0 Å². The zero-order valence-electron chi connectivity index (χ0n) is 14.7. The molecule has 0 aromatic heterocycles. The van der Waals surface area contributed by atoms with Gasteiger partial charge in [0.25, 0.3) is 0 Å². The maximum absolute atomic E-state index is 13.0. The lowest BCUT2D eigenvalue weighted by Gasteiger charge is -2.29. The molecule has 0 bridgehead atoms. The highest BCUT2D eigenvalue weighted by molar-refractivity contribution is 5.91. The van der Waals surface area contributed by atoms with Gasteiger partial charge in [-0.15, -0.1) is 0 Å². The number of rotatable bonds is 6. The average Bonchev–Trinajstić information content (AvgIpc) is 3.25. The second kappa shape index (κ2) is 6.94. The van der Waals surface area contributed by atoms with Crippen LogP contribution < -0.4 is 5.32 Å². The van der Waals surface area contributed by atoms with Gasteiger partial charge in [0.15, 0.2) is 5.69 Å². The summed E-state index contributed by atoms with van der Waals surface area (Å²) in [6.07, 6.45) is 4.31. The van der Waals surface area contributed by atoms with Crippen molar-refractivity contribution in [3.8, 4) is 0 Å². The zero-order valence-corrected chi connectivity index (χ0v) is 14.7. The lowest BCUT2D eigenvalue weighted by atomic mass is 9.93. The van der Waals surface area contributed by atoms with E-state index in [9.17, 15) is 4.79 Å². The molecule has 2 aliphatic rings. The molecule has 1 aliphatic carbocycles. The molecule has 1 N–H and O–H groups in total. The van der Waals surface area contributed by atoms with Crippen LogP contribution in [0.1, 0.15) is 45.1 Å². The second-order valence-corrected chi connectivity index (χ2v) is 7.58. The Morgan fingerprint density at radius 2 is 2.04 bits per heavy atom.